The fraction of sp³-hybridized carbons (Fsp3) is 0.400. The minimum absolute atomic E-state index is 0.00473. The van der Waals surface area contributed by atoms with Crippen molar-refractivity contribution in [2.24, 2.45) is 5.92 Å². The van der Waals surface area contributed by atoms with Crippen LogP contribution >= 0.6 is 15.9 Å². The van der Waals surface area contributed by atoms with E-state index in [1.54, 1.807) is 18.3 Å². The number of carbonyl (C=O) groups is 2. The van der Waals surface area contributed by atoms with E-state index in [-0.39, 0.29) is 23.4 Å². The van der Waals surface area contributed by atoms with Gasteiger partial charge in [0.1, 0.15) is 17.3 Å². The summed E-state index contributed by atoms with van der Waals surface area (Å²) in [6, 6.07) is 7.04. The normalized spacial score (nSPS) is 14.9. The number of hydrogen-bond acceptors (Lipinski definition) is 6. The number of pyridine rings is 2. The molecule has 1 fully saturated rings. The molecule has 8 heteroatoms. The number of amides is 1. The first-order valence-electron chi connectivity index (χ1n) is 9.33. The van der Waals surface area contributed by atoms with Gasteiger partial charge in [0.2, 0.25) is 11.7 Å². The van der Waals surface area contributed by atoms with E-state index >= 15 is 0 Å². The monoisotopic (exact) mass is 445 g/mol. The van der Waals surface area contributed by atoms with Gasteiger partial charge in [-0.3, -0.25) is 9.59 Å². The Morgan fingerprint density at radius 1 is 1.18 bits per heavy atom. The minimum atomic E-state index is -0.264. The lowest BCUT2D eigenvalue weighted by Crippen LogP contribution is -2.37. The van der Waals surface area contributed by atoms with E-state index in [1.165, 1.54) is 0 Å². The van der Waals surface area contributed by atoms with Gasteiger partial charge in [0, 0.05) is 42.8 Å². The van der Waals surface area contributed by atoms with Crippen LogP contribution in [0.2, 0.25) is 0 Å². The van der Waals surface area contributed by atoms with E-state index in [0.29, 0.717) is 28.8 Å². The number of aromatic nitrogens is 2. The Kier molecular flexibility index (Phi) is 6.28. The Labute approximate surface area is 173 Å². The summed E-state index contributed by atoms with van der Waals surface area (Å²) < 4.78 is 0.684. The summed E-state index contributed by atoms with van der Waals surface area (Å²) >= 11 is 3.32. The standard InChI is InChI=1S/C20H24BrN5O2/c1-13(2)20(28)26-8-4-7-25(9-10-26)17-6-3-5-16(24-17)18(27)15-11-14(21)12-23-19(15)22/h3,5-6,11-13H,4,7-10H2,1-2H3,(H2,22,23). The van der Waals surface area contributed by atoms with E-state index in [0.717, 1.165) is 25.3 Å². The van der Waals surface area contributed by atoms with Crippen LogP contribution < -0.4 is 10.6 Å². The third kappa shape index (κ3) is 4.49. The fourth-order valence-electron chi connectivity index (χ4n) is 3.23. The Hall–Kier alpha value is -2.48. The SMILES string of the molecule is CC(C)C(=O)N1CCCN(c2cccc(C(=O)c3cc(Br)cnc3N)n2)CC1. The molecule has 0 aliphatic carbocycles. The summed E-state index contributed by atoms with van der Waals surface area (Å²) in [6.45, 7) is 6.71. The van der Waals surface area contributed by atoms with Crippen LogP contribution in [0, 0.1) is 5.92 Å². The number of halogens is 1. The Balaban J connectivity index is 1.79. The smallest absolute Gasteiger partial charge is 0.225 e. The van der Waals surface area contributed by atoms with E-state index < -0.39 is 0 Å². The number of nitrogens with two attached hydrogens (primary N) is 1. The van der Waals surface area contributed by atoms with Crippen molar-refractivity contribution in [3.05, 3.63) is 46.2 Å². The highest BCUT2D eigenvalue weighted by molar-refractivity contribution is 9.10. The second kappa shape index (κ2) is 8.68. The number of anilines is 2. The summed E-state index contributed by atoms with van der Waals surface area (Å²) in [7, 11) is 0. The summed E-state index contributed by atoms with van der Waals surface area (Å²) in [6.07, 6.45) is 2.41. The number of carbonyl (C=O) groups excluding carboxylic acids is 2. The van der Waals surface area contributed by atoms with Crippen molar-refractivity contribution < 1.29 is 9.59 Å². The van der Waals surface area contributed by atoms with E-state index in [9.17, 15) is 9.59 Å². The lowest BCUT2D eigenvalue weighted by Gasteiger charge is -2.24. The Bertz CT molecular complexity index is 887. The number of rotatable bonds is 4. The molecule has 1 aliphatic rings. The zero-order valence-electron chi connectivity index (χ0n) is 16.1. The summed E-state index contributed by atoms with van der Waals surface area (Å²) in [5.74, 6) is 0.815. The predicted octanol–water partition coefficient (Wildman–Crippen LogP) is 2.75. The van der Waals surface area contributed by atoms with Crippen LogP contribution in [-0.4, -0.2) is 52.7 Å². The maximum atomic E-state index is 12.9. The number of nitrogens with zero attached hydrogens (tertiary/aromatic N) is 4. The summed E-state index contributed by atoms with van der Waals surface area (Å²) in [5.41, 5.74) is 6.51. The van der Waals surface area contributed by atoms with Crippen molar-refractivity contribution in [3.8, 4) is 0 Å². The van der Waals surface area contributed by atoms with Gasteiger partial charge in [0.25, 0.3) is 0 Å². The molecule has 0 saturated carbocycles. The molecule has 0 spiro atoms. The van der Waals surface area contributed by atoms with Crippen LogP contribution in [0.1, 0.15) is 36.3 Å². The first-order valence-corrected chi connectivity index (χ1v) is 10.1. The first-order chi connectivity index (χ1) is 13.4. The lowest BCUT2D eigenvalue weighted by atomic mass is 10.1. The Morgan fingerprint density at radius 3 is 2.71 bits per heavy atom. The number of hydrogen-bond donors (Lipinski definition) is 1. The maximum absolute atomic E-state index is 12.9. The van der Waals surface area contributed by atoms with Crippen LogP contribution in [-0.2, 0) is 4.79 Å². The molecule has 1 aliphatic heterocycles. The molecular formula is C20H24BrN5O2. The van der Waals surface area contributed by atoms with Crippen LogP contribution in [0.4, 0.5) is 11.6 Å². The van der Waals surface area contributed by atoms with Gasteiger partial charge >= 0.3 is 0 Å². The molecule has 1 saturated heterocycles. The van der Waals surface area contributed by atoms with Gasteiger partial charge in [-0.25, -0.2) is 9.97 Å². The lowest BCUT2D eigenvalue weighted by molar-refractivity contribution is -0.134. The average molecular weight is 446 g/mol. The zero-order valence-corrected chi connectivity index (χ0v) is 17.6. The minimum Gasteiger partial charge on any atom is -0.383 e. The van der Waals surface area contributed by atoms with Crippen molar-refractivity contribution in [2.75, 3.05) is 36.8 Å². The van der Waals surface area contributed by atoms with Crippen molar-refractivity contribution in [3.63, 3.8) is 0 Å². The van der Waals surface area contributed by atoms with Gasteiger partial charge in [-0.15, -0.1) is 0 Å². The molecule has 28 heavy (non-hydrogen) atoms. The fourth-order valence-corrected chi connectivity index (χ4v) is 3.56. The second-order valence-electron chi connectivity index (χ2n) is 7.12. The average Bonchev–Trinajstić information content (AvgIpc) is 2.95. The molecule has 0 bridgehead atoms. The molecule has 3 rings (SSSR count). The van der Waals surface area contributed by atoms with Crippen LogP contribution in [0.5, 0.6) is 0 Å². The highest BCUT2D eigenvalue weighted by Crippen LogP contribution is 2.21. The van der Waals surface area contributed by atoms with Gasteiger partial charge in [-0.1, -0.05) is 19.9 Å². The zero-order chi connectivity index (χ0) is 20.3. The number of nitrogen functional groups attached to an aromatic ring is 1. The summed E-state index contributed by atoms with van der Waals surface area (Å²) in [4.78, 5) is 37.8. The molecular weight excluding hydrogens is 422 g/mol. The molecule has 0 atom stereocenters. The van der Waals surface area contributed by atoms with Crippen LogP contribution in [0.25, 0.3) is 0 Å². The molecule has 3 heterocycles. The predicted molar refractivity (Wildman–Crippen MR) is 112 cm³/mol. The van der Waals surface area contributed by atoms with Crippen LogP contribution in [0.15, 0.2) is 34.9 Å². The van der Waals surface area contributed by atoms with Gasteiger partial charge in [0.15, 0.2) is 0 Å². The topological polar surface area (TPSA) is 92.4 Å². The number of ketones is 1. The maximum Gasteiger partial charge on any atom is 0.225 e. The van der Waals surface area contributed by atoms with Gasteiger partial charge in [-0.2, -0.15) is 0 Å². The summed E-state index contributed by atoms with van der Waals surface area (Å²) in [5, 5.41) is 0. The molecule has 2 aromatic rings. The van der Waals surface area contributed by atoms with Crippen molar-refractivity contribution in [1.82, 2.24) is 14.9 Å². The highest BCUT2D eigenvalue weighted by Gasteiger charge is 2.22. The van der Waals surface area contributed by atoms with E-state index in [2.05, 4.69) is 30.8 Å². The molecule has 1 amide bonds. The first kappa shape index (κ1) is 20.3. The molecule has 7 nitrogen and oxygen atoms in total. The van der Waals surface area contributed by atoms with Crippen molar-refractivity contribution in [2.45, 2.75) is 20.3 Å². The molecule has 148 valence electrons. The third-order valence-corrected chi connectivity index (χ3v) is 5.16. The van der Waals surface area contributed by atoms with Gasteiger partial charge < -0.3 is 15.5 Å². The quantitative estimate of drug-likeness (QED) is 0.727. The highest BCUT2D eigenvalue weighted by atomic mass is 79.9. The van der Waals surface area contributed by atoms with Crippen LogP contribution in [0.3, 0.4) is 0 Å². The van der Waals surface area contributed by atoms with E-state index in [1.807, 2.05) is 30.9 Å². The molecule has 2 N–H and O–H groups in total. The Morgan fingerprint density at radius 2 is 1.96 bits per heavy atom. The molecule has 0 aromatic carbocycles. The molecule has 0 radical (unpaired) electrons. The van der Waals surface area contributed by atoms with Gasteiger partial charge in [0.05, 0.1) is 5.56 Å². The van der Waals surface area contributed by atoms with Crippen molar-refractivity contribution in [1.29, 1.82) is 0 Å². The van der Waals surface area contributed by atoms with Gasteiger partial charge in [-0.05, 0) is 40.5 Å². The molecule has 2 aromatic heterocycles. The molecule has 0 unspecified atom stereocenters. The largest absolute Gasteiger partial charge is 0.383 e. The third-order valence-electron chi connectivity index (χ3n) is 4.72. The second-order valence-corrected chi connectivity index (χ2v) is 8.03. The van der Waals surface area contributed by atoms with Crippen molar-refractivity contribution >= 4 is 39.3 Å². The van der Waals surface area contributed by atoms with E-state index in [4.69, 9.17) is 5.73 Å².